The first kappa shape index (κ1) is 25.0. The summed E-state index contributed by atoms with van der Waals surface area (Å²) in [5.74, 6) is 0.810. The summed E-state index contributed by atoms with van der Waals surface area (Å²) in [6, 6.07) is 13.3. The summed E-state index contributed by atoms with van der Waals surface area (Å²) in [5.41, 5.74) is 4.76. The van der Waals surface area contributed by atoms with Gasteiger partial charge in [-0.1, -0.05) is 60.8 Å². The lowest BCUT2D eigenvalue weighted by atomic mass is 9.95. The van der Waals surface area contributed by atoms with Gasteiger partial charge in [-0.15, -0.1) is 16.8 Å². The van der Waals surface area contributed by atoms with E-state index < -0.39 is 0 Å². The molecule has 2 aromatic carbocycles. The van der Waals surface area contributed by atoms with E-state index in [2.05, 4.69) is 31.9 Å². The molecular weight excluding hydrogens is 482 g/mol. The second kappa shape index (κ2) is 12.0. The fourth-order valence-electron chi connectivity index (χ4n) is 4.21. The largest absolute Gasteiger partial charge is 0.507 e. The number of carbonyl (C=O) groups excluding carboxylic acids is 1. The normalized spacial score (nSPS) is 14.3. The Morgan fingerprint density at radius 2 is 1.97 bits per heavy atom. The van der Waals surface area contributed by atoms with E-state index in [4.69, 9.17) is 11.6 Å². The zero-order valence-electron chi connectivity index (χ0n) is 19.4. The van der Waals surface area contributed by atoms with Gasteiger partial charge < -0.3 is 5.11 Å². The van der Waals surface area contributed by atoms with Crippen LogP contribution < -0.4 is 5.43 Å². The molecule has 2 N–H and O–H groups in total. The number of aromatic hydroxyl groups is 1. The van der Waals surface area contributed by atoms with Crippen LogP contribution in [0.2, 0.25) is 5.02 Å². The molecule has 0 atom stereocenters. The Kier molecular flexibility index (Phi) is 8.60. The number of hydrogen-bond acceptors (Lipinski definition) is 6. The van der Waals surface area contributed by atoms with Crippen molar-refractivity contribution in [1.82, 2.24) is 20.2 Å². The molecule has 0 bridgehead atoms. The standard InChI is InChI=1S/C26H28ClN5O2S/c1-2-7-18-8-6-9-20(24(18)34)16-28-29-23(33)17-35-26-31-30-25(19-12-14-21(27)15-13-19)32(26)22-10-4-3-5-11-22/h2,6,8-9,12-16,22,34H,1,3-5,7,10-11,17H2,(H,29,33). The van der Waals surface area contributed by atoms with E-state index in [0.717, 1.165) is 34.9 Å². The fraction of sp³-hybridized carbons (Fsp3) is 0.308. The maximum atomic E-state index is 12.5. The van der Waals surface area contributed by atoms with Crippen LogP contribution in [-0.2, 0) is 11.2 Å². The van der Waals surface area contributed by atoms with Crippen LogP contribution in [0.15, 0.2) is 65.4 Å². The van der Waals surface area contributed by atoms with Gasteiger partial charge in [-0.2, -0.15) is 5.10 Å². The van der Waals surface area contributed by atoms with Gasteiger partial charge in [0.1, 0.15) is 5.75 Å². The lowest BCUT2D eigenvalue weighted by Gasteiger charge is -2.25. The van der Waals surface area contributed by atoms with Gasteiger partial charge in [0.15, 0.2) is 11.0 Å². The number of amides is 1. The molecule has 1 aliphatic carbocycles. The van der Waals surface area contributed by atoms with Gasteiger partial charge in [0.05, 0.1) is 12.0 Å². The average molecular weight is 510 g/mol. The molecule has 1 aliphatic rings. The number of halogens is 1. The third kappa shape index (κ3) is 6.32. The molecule has 1 saturated carbocycles. The molecule has 0 spiro atoms. The highest BCUT2D eigenvalue weighted by Crippen LogP contribution is 2.35. The smallest absolute Gasteiger partial charge is 0.250 e. The third-order valence-electron chi connectivity index (χ3n) is 5.95. The number of hydrogen-bond donors (Lipinski definition) is 2. The molecule has 0 unspecified atom stereocenters. The van der Waals surface area contributed by atoms with Crippen molar-refractivity contribution in [3.8, 4) is 17.1 Å². The number of rotatable bonds is 9. The molecule has 1 fully saturated rings. The fourth-order valence-corrected chi connectivity index (χ4v) is 5.14. The van der Waals surface area contributed by atoms with Crippen LogP contribution in [0.1, 0.15) is 49.3 Å². The van der Waals surface area contributed by atoms with Crippen LogP contribution in [0.3, 0.4) is 0 Å². The van der Waals surface area contributed by atoms with Gasteiger partial charge in [-0.3, -0.25) is 9.36 Å². The molecule has 182 valence electrons. The number of carbonyl (C=O) groups is 1. The molecule has 0 saturated heterocycles. The maximum Gasteiger partial charge on any atom is 0.250 e. The van der Waals surface area contributed by atoms with Gasteiger partial charge in [0.25, 0.3) is 5.91 Å². The monoisotopic (exact) mass is 509 g/mol. The van der Waals surface area contributed by atoms with Crippen molar-refractivity contribution >= 4 is 35.5 Å². The molecule has 7 nitrogen and oxygen atoms in total. The van der Waals surface area contributed by atoms with E-state index >= 15 is 0 Å². The van der Waals surface area contributed by atoms with Gasteiger partial charge in [0.2, 0.25) is 0 Å². The first-order valence-electron chi connectivity index (χ1n) is 11.6. The highest BCUT2D eigenvalue weighted by Gasteiger charge is 2.24. The highest BCUT2D eigenvalue weighted by molar-refractivity contribution is 7.99. The van der Waals surface area contributed by atoms with Crippen molar-refractivity contribution in [1.29, 1.82) is 0 Å². The van der Waals surface area contributed by atoms with Crippen LogP contribution in [0.25, 0.3) is 11.4 Å². The summed E-state index contributed by atoms with van der Waals surface area (Å²) in [6.45, 7) is 3.69. The zero-order chi connectivity index (χ0) is 24.6. The van der Waals surface area contributed by atoms with Crippen molar-refractivity contribution in [2.45, 2.75) is 49.7 Å². The summed E-state index contributed by atoms with van der Waals surface area (Å²) < 4.78 is 2.17. The van der Waals surface area contributed by atoms with Gasteiger partial charge in [-0.25, -0.2) is 5.43 Å². The van der Waals surface area contributed by atoms with Gasteiger partial charge >= 0.3 is 0 Å². The van der Waals surface area contributed by atoms with Crippen molar-refractivity contribution in [3.05, 3.63) is 71.3 Å². The first-order chi connectivity index (χ1) is 17.1. The Morgan fingerprint density at radius 3 is 2.71 bits per heavy atom. The summed E-state index contributed by atoms with van der Waals surface area (Å²) in [6.07, 6.45) is 9.42. The molecule has 9 heteroatoms. The number of nitrogens with one attached hydrogen (secondary N) is 1. The Labute approximate surface area is 214 Å². The minimum atomic E-state index is -0.265. The predicted octanol–water partition coefficient (Wildman–Crippen LogP) is 5.78. The molecular formula is C26H28ClN5O2S. The Morgan fingerprint density at radius 1 is 1.20 bits per heavy atom. The van der Waals surface area contributed by atoms with Crippen molar-refractivity contribution < 1.29 is 9.90 Å². The number of phenols is 1. The maximum absolute atomic E-state index is 12.5. The molecule has 0 radical (unpaired) electrons. The average Bonchev–Trinajstić information content (AvgIpc) is 3.30. The molecule has 1 aromatic heterocycles. The topological polar surface area (TPSA) is 92.4 Å². The second-order valence-corrected chi connectivity index (χ2v) is 9.78. The van der Waals surface area contributed by atoms with Crippen molar-refractivity contribution in [2.24, 2.45) is 5.10 Å². The number of hydrazone groups is 1. The van der Waals surface area contributed by atoms with Crippen LogP contribution in [-0.4, -0.2) is 37.7 Å². The Bertz CT molecular complexity index is 1200. The summed E-state index contributed by atoms with van der Waals surface area (Å²) in [5, 5.41) is 24.6. The van der Waals surface area contributed by atoms with E-state index in [-0.39, 0.29) is 17.4 Å². The first-order valence-corrected chi connectivity index (χ1v) is 13.0. The minimum absolute atomic E-state index is 0.134. The zero-order valence-corrected chi connectivity index (χ0v) is 20.9. The molecule has 0 aliphatic heterocycles. The second-order valence-electron chi connectivity index (χ2n) is 8.40. The molecule has 35 heavy (non-hydrogen) atoms. The number of nitrogens with zero attached hydrogens (tertiary/aromatic N) is 4. The molecule has 4 rings (SSSR count). The number of phenolic OH excluding ortho intramolecular Hbond substituents is 1. The SMILES string of the molecule is C=CCc1cccc(C=NNC(=O)CSc2nnc(-c3ccc(Cl)cc3)n2C2CCCCC2)c1O. The van der Waals surface area contributed by atoms with Crippen molar-refractivity contribution in [3.63, 3.8) is 0 Å². The summed E-state index contributed by atoms with van der Waals surface area (Å²) in [7, 11) is 0. The Hall–Kier alpha value is -3.10. The van der Waals surface area contributed by atoms with Crippen LogP contribution in [0.4, 0.5) is 0 Å². The van der Waals surface area contributed by atoms with E-state index in [1.54, 1.807) is 12.1 Å². The summed E-state index contributed by atoms with van der Waals surface area (Å²) in [4.78, 5) is 12.5. The predicted molar refractivity (Wildman–Crippen MR) is 141 cm³/mol. The molecule has 1 heterocycles. The summed E-state index contributed by atoms with van der Waals surface area (Å²) >= 11 is 7.41. The van der Waals surface area contributed by atoms with E-state index in [0.29, 0.717) is 23.0 Å². The molecule has 1 amide bonds. The van der Waals surface area contributed by atoms with E-state index in [9.17, 15) is 9.90 Å². The van der Waals surface area contributed by atoms with Crippen LogP contribution in [0.5, 0.6) is 5.75 Å². The third-order valence-corrected chi connectivity index (χ3v) is 7.14. The number of para-hydroxylation sites is 1. The van der Waals surface area contributed by atoms with Gasteiger partial charge in [-0.05, 0) is 55.2 Å². The number of thioether (sulfide) groups is 1. The highest BCUT2D eigenvalue weighted by atomic mass is 35.5. The van der Waals surface area contributed by atoms with E-state index in [1.165, 1.54) is 37.2 Å². The molecule has 3 aromatic rings. The Balaban J connectivity index is 1.44. The quantitative estimate of drug-likeness (QED) is 0.165. The van der Waals surface area contributed by atoms with E-state index in [1.807, 2.05) is 36.4 Å². The lowest BCUT2D eigenvalue weighted by molar-refractivity contribution is -0.118. The van der Waals surface area contributed by atoms with Crippen molar-refractivity contribution in [2.75, 3.05) is 5.75 Å². The van der Waals surface area contributed by atoms with Crippen LogP contribution in [0, 0.1) is 0 Å². The number of aromatic nitrogens is 3. The van der Waals surface area contributed by atoms with Crippen LogP contribution >= 0.6 is 23.4 Å². The minimum Gasteiger partial charge on any atom is -0.507 e. The van der Waals surface area contributed by atoms with Gasteiger partial charge in [0, 0.05) is 22.2 Å². The lowest BCUT2D eigenvalue weighted by Crippen LogP contribution is -2.20. The number of allylic oxidation sites excluding steroid dienone is 1. The number of benzene rings is 2.